The molecule has 1 aromatic carbocycles. The van der Waals surface area contributed by atoms with Crippen molar-refractivity contribution in [2.75, 3.05) is 69.7 Å². The number of halogens is 3. The van der Waals surface area contributed by atoms with Gasteiger partial charge in [0.2, 0.25) is 11.8 Å². The van der Waals surface area contributed by atoms with E-state index in [4.69, 9.17) is 9.72 Å². The van der Waals surface area contributed by atoms with Crippen molar-refractivity contribution in [2.24, 2.45) is 24.8 Å². The number of nitrogens with zero attached hydrogens (tertiary/aromatic N) is 10. The fraction of sp³-hybridized carbons (Fsp3) is 0.562. The molecular formula is C48H57F3N12O4. The van der Waals surface area contributed by atoms with Crippen LogP contribution >= 0.6 is 0 Å². The highest BCUT2D eigenvalue weighted by Gasteiger charge is 2.36. The maximum Gasteiger partial charge on any atom is 0.284 e. The van der Waals surface area contributed by atoms with E-state index in [2.05, 4.69) is 59.5 Å². The van der Waals surface area contributed by atoms with Crippen LogP contribution in [-0.2, 0) is 21.4 Å². The number of ether oxygens (including phenoxy) is 1. The van der Waals surface area contributed by atoms with Crippen LogP contribution in [0.5, 0.6) is 0 Å². The summed E-state index contributed by atoms with van der Waals surface area (Å²) in [6.45, 7) is 5.85. The van der Waals surface area contributed by atoms with Crippen LogP contribution in [-0.4, -0.2) is 133 Å². The van der Waals surface area contributed by atoms with Gasteiger partial charge in [0, 0.05) is 77.1 Å². The van der Waals surface area contributed by atoms with Crippen LogP contribution < -0.4 is 15.5 Å². The first-order chi connectivity index (χ1) is 32.4. The number of piperidine rings is 3. The summed E-state index contributed by atoms with van der Waals surface area (Å²) in [5, 5.41) is 19.1. The number of alkyl halides is 3. The Morgan fingerprint density at radius 3 is 2.52 bits per heavy atom. The number of para-hydroxylation sites is 1. The first-order valence-corrected chi connectivity index (χ1v) is 23.7. The number of likely N-dealkylation sites (tertiary alicyclic amines) is 2. The van der Waals surface area contributed by atoms with E-state index in [0.29, 0.717) is 48.1 Å². The van der Waals surface area contributed by atoms with Crippen molar-refractivity contribution in [2.45, 2.75) is 88.4 Å². The van der Waals surface area contributed by atoms with Gasteiger partial charge in [-0.1, -0.05) is 24.0 Å². The molecule has 1 unspecified atom stereocenters. The second-order valence-corrected chi connectivity index (χ2v) is 19.2. The van der Waals surface area contributed by atoms with E-state index in [0.717, 1.165) is 93.9 Å². The number of carbonyl (C=O) groups is 3. The molecule has 1 saturated carbocycles. The Morgan fingerprint density at radius 1 is 0.970 bits per heavy atom. The second-order valence-electron chi connectivity index (χ2n) is 19.2. The molecule has 0 bridgehead atoms. The first kappa shape index (κ1) is 45.0. The number of anilines is 2. The van der Waals surface area contributed by atoms with Crippen molar-refractivity contribution in [1.29, 1.82) is 0 Å². The number of aryl methyl sites for hydroxylation is 1. The Bertz CT molecular complexity index is 2700. The lowest BCUT2D eigenvalue weighted by molar-refractivity contribution is -0.134. The zero-order chi connectivity index (χ0) is 46.3. The molecule has 5 aromatic rings. The summed E-state index contributed by atoms with van der Waals surface area (Å²) in [7, 11) is 3.95. The minimum atomic E-state index is -2.89. The summed E-state index contributed by atoms with van der Waals surface area (Å²) >= 11 is 0. The fourth-order valence-corrected chi connectivity index (χ4v) is 11.1. The molecule has 19 heteroatoms. The van der Waals surface area contributed by atoms with Crippen molar-refractivity contribution in [3.8, 4) is 11.8 Å². The van der Waals surface area contributed by atoms with Gasteiger partial charge in [0.1, 0.15) is 24.2 Å². The minimum absolute atomic E-state index is 0.0298. The molecule has 5 fully saturated rings. The van der Waals surface area contributed by atoms with E-state index in [1.165, 1.54) is 16.9 Å². The average Bonchev–Trinajstić information content (AvgIpc) is 4.03. The lowest BCUT2D eigenvalue weighted by Gasteiger charge is -2.44. The summed E-state index contributed by atoms with van der Waals surface area (Å²) in [4.78, 5) is 49.5. The zero-order valence-corrected chi connectivity index (χ0v) is 37.9. The lowest BCUT2D eigenvalue weighted by Crippen LogP contribution is -2.50. The number of carbonyl (C=O) groups excluding carboxylic acids is 3. The lowest BCUT2D eigenvalue weighted by atomic mass is 9.80. The molecule has 5 aliphatic rings. The third-order valence-corrected chi connectivity index (χ3v) is 14.8. The zero-order valence-electron chi connectivity index (χ0n) is 37.9. The Labute approximate surface area is 386 Å². The maximum atomic E-state index is 15.5. The van der Waals surface area contributed by atoms with E-state index in [1.54, 1.807) is 22.6 Å². The standard InChI is InChI=1S/C48H57F3N12O4/c1-58-25-32(26-58)30-14-19-61(20-15-30)40-17-21-62-46(54-40)36(23-52-62)48(66)53-38-28-63(57-43(38)45(50)51)33-10-8-29(9-11-33)24-60-18-16-39(37(49)27-60)67-22-4-6-31-5-3-7-34-42(56-59(2)44(31)34)35-12-13-41(64)55-47(35)65/h3,5,7,17,21,23,28-30,32-33,35,37,39,45H,8-16,18-20,22,24-27H2,1-2H3,(H,53,66)(H,55,64,65)/t29?,33?,35?,37-,39+/m1/s1. The number of benzene rings is 1. The van der Waals surface area contributed by atoms with Crippen LogP contribution in [0.4, 0.5) is 24.7 Å². The summed E-state index contributed by atoms with van der Waals surface area (Å²) in [6.07, 6.45) is 6.60. The van der Waals surface area contributed by atoms with E-state index in [9.17, 15) is 23.2 Å². The molecule has 16 nitrogen and oxygen atoms in total. The number of nitrogens with one attached hydrogen (secondary N) is 2. The predicted octanol–water partition coefficient (Wildman–Crippen LogP) is 5.51. The number of amides is 3. The molecule has 3 amide bonds. The quantitative estimate of drug-likeness (QED) is 0.127. The van der Waals surface area contributed by atoms with E-state index < -0.39 is 36.2 Å². The van der Waals surface area contributed by atoms with Crippen LogP contribution in [0.1, 0.15) is 103 Å². The van der Waals surface area contributed by atoms with Gasteiger partial charge in [-0.3, -0.25) is 34.0 Å². The monoisotopic (exact) mass is 922 g/mol. The van der Waals surface area contributed by atoms with Crippen LogP contribution in [0.2, 0.25) is 0 Å². The van der Waals surface area contributed by atoms with Crippen molar-refractivity contribution >= 4 is 45.8 Å². The van der Waals surface area contributed by atoms with Gasteiger partial charge in [-0.15, -0.1) is 0 Å². The Morgan fingerprint density at radius 2 is 1.78 bits per heavy atom. The molecule has 354 valence electrons. The summed E-state index contributed by atoms with van der Waals surface area (Å²) < 4.78 is 55.0. The van der Waals surface area contributed by atoms with Crippen molar-refractivity contribution in [1.82, 2.24) is 49.3 Å². The molecule has 3 atom stereocenters. The molecule has 4 aliphatic heterocycles. The molecule has 8 heterocycles. The minimum Gasteiger partial charge on any atom is -0.362 e. The Hall–Kier alpha value is -5.84. The van der Waals surface area contributed by atoms with Gasteiger partial charge in [0.25, 0.3) is 12.3 Å². The first-order valence-electron chi connectivity index (χ1n) is 23.7. The number of fused-ring (bicyclic) bond motifs is 2. The summed E-state index contributed by atoms with van der Waals surface area (Å²) in [5.74, 6) is 7.05. The number of hydrogen-bond donors (Lipinski definition) is 2. The molecule has 0 spiro atoms. The van der Waals surface area contributed by atoms with E-state index in [1.807, 2.05) is 24.3 Å². The van der Waals surface area contributed by atoms with Crippen LogP contribution in [0.3, 0.4) is 0 Å². The predicted molar refractivity (Wildman–Crippen MR) is 243 cm³/mol. The van der Waals surface area contributed by atoms with Gasteiger partial charge in [-0.2, -0.15) is 15.3 Å². The highest BCUT2D eigenvalue weighted by Crippen LogP contribution is 2.37. The highest BCUT2D eigenvalue weighted by atomic mass is 19.3. The SMILES string of the molecule is CN1CC(C2CCN(c3ccn4ncc(C(=O)Nc5cn(C6CCC(CN7CC[C@H](OCC#Cc8cccc9c(C%10CCC(=O)NC%10=O)nn(C)c89)[C@H](F)C7)CC6)nc5C(F)F)c4n3)CC2)C1. The van der Waals surface area contributed by atoms with Gasteiger partial charge in [0.05, 0.1) is 46.7 Å². The highest BCUT2D eigenvalue weighted by molar-refractivity contribution is 6.08. The van der Waals surface area contributed by atoms with Crippen LogP contribution in [0.15, 0.2) is 42.9 Å². The van der Waals surface area contributed by atoms with Gasteiger partial charge in [-0.25, -0.2) is 22.7 Å². The average molecular weight is 923 g/mol. The number of imide groups is 1. The van der Waals surface area contributed by atoms with Crippen LogP contribution in [0.25, 0.3) is 16.6 Å². The third kappa shape index (κ3) is 9.40. The molecule has 4 aromatic heterocycles. The van der Waals surface area contributed by atoms with Crippen molar-refractivity contribution in [3.05, 3.63) is 65.4 Å². The Kier molecular flexibility index (Phi) is 12.8. The Balaban J connectivity index is 0.696. The summed E-state index contributed by atoms with van der Waals surface area (Å²) in [6, 6.07) is 7.42. The smallest absolute Gasteiger partial charge is 0.284 e. The normalized spacial score (nSPS) is 24.8. The fourth-order valence-electron chi connectivity index (χ4n) is 11.1. The van der Waals surface area contributed by atoms with E-state index in [-0.39, 0.29) is 48.7 Å². The van der Waals surface area contributed by atoms with Gasteiger partial charge < -0.3 is 19.9 Å². The molecule has 0 radical (unpaired) electrons. The molecule has 4 saturated heterocycles. The molecule has 1 aliphatic carbocycles. The van der Waals surface area contributed by atoms with Crippen molar-refractivity contribution < 1.29 is 32.3 Å². The topological polar surface area (TPSA) is 160 Å². The maximum absolute atomic E-state index is 15.5. The van der Waals surface area contributed by atoms with Gasteiger partial charge >= 0.3 is 0 Å². The number of rotatable bonds is 11. The molecule has 67 heavy (non-hydrogen) atoms. The molecular weight excluding hydrogens is 866 g/mol. The largest absolute Gasteiger partial charge is 0.362 e. The summed E-state index contributed by atoms with van der Waals surface area (Å²) in [5.41, 5.74) is 2.17. The van der Waals surface area contributed by atoms with Gasteiger partial charge in [0.15, 0.2) is 11.3 Å². The van der Waals surface area contributed by atoms with Crippen molar-refractivity contribution in [3.63, 3.8) is 0 Å². The van der Waals surface area contributed by atoms with E-state index >= 15 is 4.39 Å². The number of hydrogen-bond acceptors (Lipinski definition) is 11. The number of aromatic nitrogens is 7. The van der Waals surface area contributed by atoms with Gasteiger partial charge in [-0.05, 0) is 88.3 Å². The van der Waals surface area contributed by atoms with Crippen LogP contribution in [0, 0.1) is 29.6 Å². The molecule has 10 rings (SSSR count). The molecule has 2 N–H and O–H groups in total. The second kappa shape index (κ2) is 19.0. The third-order valence-electron chi connectivity index (χ3n) is 14.8.